The maximum Gasteiger partial charge on any atom is 0.266 e. The molecule has 0 aliphatic carbocycles. The second-order valence-electron chi connectivity index (χ2n) is 7.25. The van der Waals surface area contributed by atoms with Gasteiger partial charge in [0.15, 0.2) is 0 Å². The van der Waals surface area contributed by atoms with Crippen LogP contribution in [0.15, 0.2) is 59.5 Å². The van der Waals surface area contributed by atoms with E-state index in [2.05, 4.69) is 22.0 Å². The average Bonchev–Trinajstić information content (AvgIpc) is 3.20. The fourth-order valence-corrected chi connectivity index (χ4v) is 4.82. The topological polar surface area (TPSA) is 57.9 Å². The van der Waals surface area contributed by atoms with Gasteiger partial charge in [0.05, 0.1) is 10.3 Å². The monoisotopic (exact) mass is 404 g/mol. The van der Waals surface area contributed by atoms with Crippen LogP contribution in [-0.4, -0.2) is 46.4 Å². The number of carbonyl (C=O) groups excluding carboxylic acids is 1. The van der Waals surface area contributed by atoms with Crippen LogP contribution in [0.25, 0.3) is 15.9 Å². The van der Waals surface area contributed by atoms with Gasteiger partial charge in [-0.2, -0.15) is 0 Å². The number of benzene rings is 1. The second kappa shape index (κ2) is 7.00. The number of aryl methyl sites for hydroxylation is 1. The maximum atomic E-state index is 13.1. The van der Waals surface area contributed by atoms with Crippen LogP contribution in [0.1, 0.15) is 15.2 Å². The molecule has 1 fully saturated rings. The molecule has 1 aliphatic rings. The molecule has 29 heavy (non-hydrogen) atoms. The van der Waals surface area contributed by atoms with E-state index in [0.29, 0.717) is 33.8 Å². The smallest absolute Gasteiger partial charge is 0.266 e. The number of fused-ring (bicyclic) bond motifs is 2. The Morgan fingerprint density at radius 2 is 1.79 bits per heavy atom. The number of carbonyl (C=O) groups is 1. The molecule has 0 bridgehead atoms. The molecule has 0 saturated carbocycles. The Hall–Kier alpha value is -3.19. The first-order valence-electron chi connectivity index (χ1n) is 9.62. The van der Waals surface area contributed by atoms with E-state index in [9.17, 15) is 9.59 Å². The average molecular weight is 404 g/mol. The SMILES string of the molecule is Cc1cccn2c(=O)c3cc(C(=O)N4CCN(c5ccccc5)CC4)sc3nc12. The van der Waals surface area contributed by atoms with E-state index in [-0.39, 0.29) is 11.5 Å². The molecule has 0 unspecified atom stereocenters. The molecule has 4 heterocycles. The number of piperazine rings is 1. The summed E-state index contributed by atoms with van der Waals surface area (Å²) in [6, 6.07) is 15.7. The van der Waals surface area contributed by atoms with Gasteiger partial charge in [-0.25, -0.2) is 4.98 Å². The fraction of sp³-hybridized carbons (Fsp3) is 0.227. The Bertz CT molecular complexity index is 1270. The van der Waals surface area contributed by atoms with Gasteiger partial charge in [0.2, 0.25) is 0 Å². The minimum atomic E-state index is -0.127. The van der Waals surface area contributed by atoms with Crippen molar-refractivity contribution in [3.63, 3.8) is 0 Å². The summed E-state index contributed by atoms with van der Waals surface area (Å²) in [6.07, 6.45) is 1.72. The van der Waals surface area contributed by atoms with Gasteiger partial charge in [-0.1, -0.05) is 24.3 Å². The van der Waals surface area contributed by atoms with Crippen LogP contribution >= 0.6 is 11.3 Å². The van der Waals surface area contributed by atoms with Crippen molar-refractivity contribution in [3.05, 3.63) is 75.5 Å². The van der Waals surface area contributed by atoms with Crippen molar-refractivity contribution in [2.45, 2.75) is 6.92 Å². The minimum Gasteiger partial charge on any atom is -0.368 e. The standard InChI is InChI=1S/C22H20N4O2S/c1-15-6-5-9-26-19(15)23-20-17(21(26)27)14-18(29-20)22(28)25-12-10-24(11-13-25)16-7-3-2-4-8-16/h2-9,14H,10-13H2,1H3. The molecule has 3 aromatic heterocycles. The summed E-state index contributed by atoms with van der Waals surface area (Å²) >= 11 is 1.30. The van der Waals surface area contributed by atoms with Gasteiger partial charge in [0.1, 0.15) is 10.5 Å². The molecule has 1 amide bonds. The van der Waals surface area contributed by atoms with E-state index < -0.39 is 0 Å². The number of amides is 1. The van der Waals surface area contributed by atoms with Gasteiger partial charge < -0.3 is 9.80 Å². The summed E-state index contributed by atoms with van der Waals surface area (Å²) in [6.45, 7) is 4.85. The third-order valence-corrected chi connectivity index (χ3v) is 6.45. The number of rotatable bonds is 2. The molecule has 6 nitrogen and oxygen atoms in total. The lowest BCUT2D eigenvalue weighted by molar-refractivity contribution is 0.0751. The lowest BCUT2D eigenvalue weighted by Gasteiger charge is -2.35. The molecule has 1 aromatic carbocycles. The number of hydrogen-bond donors (Lipinski definition) is 0. The predicted octanol–water partition coefficient (Wildman–Crippen LogP) is 3.18. The summed E-state index contributed by atoms with van der Waals surface area (Å²) in [5.74, 6) is -0.0223. The Labute approximate surface area is 171 Å². The second-order valence-corrected chi connectivity index (χ2v) is 8.28. The number of nitrogens with zero attached hydrogens (tertiary/aromatic N) is 4. The molecule has 1 aliphatic heterocycles. The van der Waals surface area contributed by atoms with Crippen LogP contribution in [-0.2, 0) is 0 Å². The zero-order valence-electron chi connectivity index (χ0n) is 16.0. The highest BCUT2D eigenvalue weighted by atomic mass is 32.1. The quantitative estimate of drug-likeness (QED) is 0.515. The van der Waals surface area contributed by atoms with Crippen molar-refractivity contribution < 1.29 is 4.79 Å². The number of anilines is 1. The maximum absolute atomic E-state index is 13.1. The summed E-state index contributed by atoms with van der Waals surface area (Å²) < 4.78 is 1.55. The van der Waals surface area contributed by atoms with E-state index in [0.717, 1.165) is 18.7 Å². The first kappa shape index (κ1) is 17.9. The van der Waals surface area contributed by atoms with Crippen molar-refractivity contribution >= 4 is 38.8 Å². The van der Waals surface area contributed by atoms with Crippen LogP contribution in [0, 0.1) is 6.92 Å². The Morgan fingerprint density at radius 3 is 2.55 bits per heavy atom. The van der Waals surface area contributed by atoms with Gasteiger partial charge >= 0.3 is 0 Å². The Balaban J connectivity index is 1.42. The molecule has 4 aromatic rings. The van der Waals surface area contributed by atoms with Crippen molar-refractivity contribution in [3.8, 4) is 0 Å². The predicted molar refractivity (Wildman–Crippen MR) is 116 cm³/mol. The van der Waals surface area contributed by atoms with Gasteiger partial charge in [0.25, 0.3) is 11.5 Å². The molecular weight excluding hydrogens is 384 g/mol. The highest BCUT2D eigenvalue weighted by Gasteiger charge is 2.24. The Morgan fingerprint density at radius 1 is 1.03 bits per heavy atom. The first-order chi connectivity index (χ1) is 14.1. The van der Waals surface area contributed by atoms with Crippen molar-refractivity contribution in [1.29, 1.82) is 0 Å². The third kappa shape index (κ3) is 3.07. The largest absolute Gasteiger partial charge is 0.368 e. The molecule has 7 heteroatoms. The highest BCUT2D eigenvalue weighted by molar-refractivity contribution is 7.20. The minimum absolute atomic E-state index is 0.0223. The van der Waals surface area contributed by atoms with E-state index in [1.807, 2.05) is 42.2 Å². The van der Waals surface area contributed by atoms with Crippen LogP contribution in [0.4, 0.5) is 5.69 Å². The molecule has 5 rings (SSSR count). The zero-order valence-corrected chi connectivity index (χ0v) is 16.9. The van der Waals surface area contributed by atoms with Crippen LogP contribution in [0.3, 0.4) is 0 Å². The summed E-state index contributed by atoms with van der Waals surface area (Å²) in [4.78, 5) is 35.9. The zero-order chi connectivity index (χ0) is 20.0. The van der Waals surface area contributed by atoms with Crippen molar-refractivity contribution in [2.24, 2.45) is 0 Å². The molecule has 146 valence electrons. The molecule has 0 atom stereocenters. The number of aromatic nitrogens is 2. The first-order valence-corrected chi connectivity index (χ1v) is 10.4. The Kier molecular flexibility index (Phi) is 4.32. The summed E-state index contributed by atoms with van der Waals surface area (Å²) in [5.41, 5.74) is 2.63. The molecule has 0 N–H and O–H groups in total. The molecular formula is C22H20N4O2S. The molecule has 0 radical (unpaired) electrons. The summed E-state index contributed by atoms with van der Waals surface area (Å²) in [5, 5.41) is 0.504. The third-order valence-electron chi connectivity index (χ3n) is 5.43. The molecule has 0 spiro atoms. The molecule has 1 saturated heterocycles. The van der Waals surface area contributed by atoms with E-state index in [4.69, 9.17) is 0 Å². The van der Waals surface area contributed by atoms with Gasteiger partial charge in [0, 0.05) is 38.1 Å². The van der Waals surface area contributed by atoms with Crippen molar-refractivity contribution in [1.82, 2.24) is 14.3 Å². The normalized spacial score (nSPS) is 14.7. The number of hydrogen-bond acceptors (Lipinski definition) is 5. The van der Waals surface area contributed by atoms with Crippen molar-refractivity contribution in [2.75, 3.05) is 31.1 Å². The lowest BCUT2D eigenvalue weighted by atomic mass is 10.2. The summed E-state index contributed by atoms with van der Waals surface area (Å²) in [7, 11) is 0. The highest BCUT2D eigenvalue weighted by Crippen LogP contribution is 2.25. The van der Waals surface area contributed by atoms with Crippen LogP contribution in [0.2, 0.25) is 0 Å². The van der Waals surface area contributed by atoms with E-state index in [1.165, 1.54) is 17.0 Å². The van der Waals surface area contributed by atoms with Crippen LogP contribution < -0.4 is 10.5 Å². The van der Waals surface area contributed by atoms with Gasteiger partial charge in [-0.3, -0.25) is 14.0 Å². The van der Waals surface area contributed by atoms with Gasteiger partial charge in [-0.15, -0.1) is 11.3 Å². The number of para-hydroxylation sites is 1. The van der Waals surface area contributed by atoms with Gasteiger partial charge in [-0.05, 0) is 36.8 Å². The van der Waals surface area contributed by atoms with E-state index in [1.54, 1.807) is 16.7 Å². The van der Waals surface area contributed by atoms with E-state index >= 15 is 0 Å². The number of pyridine rings is 1. The fourth-order valence-electron chi connectivity index (χ4n) is 3.83. The van der Waals surface area contributed by atoms with Crippen LogP contribution in [0.5, 0.6) is 0 Å². The number of thiophene rings is 1. The lowest BCUT2D eigenvalue weighted by Crippen LogP contribution is -2.48.